The van der Waals surface area contributed by atoms with Gasteiger partial charge in [-0.05, 0) is 57.2 Å². The molecular weight excluding hydrogens is 442 g/mol. The lowest BCUT2D eigenvalue weighted by molar-refractivity contribution is -0.159. The number of benzene rings is 1. The van der Waals surface area contributed by atoms with Crippen LogP contribution < -0.4 is 10.6 Å². The van der Waals surface area contributed by atoms with Crippen molar-refractivity contribution in [3.05, 3.63) is 34.9 Å². The molecule has 0 bridgehead atoms. The van der Waals surface area contributed by atoms with E-state index in [9.17, 15) is 24.0 Å². The number of rotatable bonds is 5. The van der Waals surface area contributed by atoms with Crippen molar-refractivity contribution in [2.75, 3.05) is 0 Å². The molecule has 2 heterocycles. The van der Waals surface area contributed by atoms with E-state index in [0.717, 1.165) is 5.56 Å². The number of nitrogens with one attached hydrogen (secondary N) is 2. The van der Waals surface area contributed by atoms with Gasteiger partial charge in [0, 0.05) is 18.5 Å². The summed E-state index contributed by atoms with van der Waals surface area (Å²) in [7, 11) is 0. The SMILES string of the molecule is CC(C)(C)OC(=O)C12CC1(NC(=O)OCc1ccc3c(c1)C(=O)N(C1CCC(=O)NC1=O)C3)C2. The molecule has 1 saturated heterocycles. The second-order valence-corrected chi connectivity index (χ2v) is 10.6. The molecule has 2 aliphatic heterocycles. The zero-order chi connectivity index (χ0) is 24.5. The molecule has 0 radical (unpaired) electrons. The molecule has 1 aromatic carbocycles. The first-order valence-corrected chi connectivity index (χ1v) is 11.4. The van der Waals surface area contributed by atoms with Crippen molar-refractivity contribution in [2.24, 2.45) is 5.41 Å². The predicted octanol–water partition coefficient (Wildman–Crippen LogP) is 1.55. The van der Waals surface area contributed by atoms with Crippen LogP contribution in [0.3, 0.4) is 0 Å². The number of alkyl carbamates (subject to hydrolysis) is 1. The standard InChI is InChI=1S/C24H27N3O7/c1-22(2,3)34-20(31)23-11-24(23,12-23)26-21(32)33-10-13-4-5-14-9-27(19(30)15(14)8-13)16-6-7-17(28)25-18(16)29/h4-5,8,16H,6-7,9-12H2,1-3H3,(H,26,32)(H,25,28,29). The van der Waals surface area contributed by atoms with Crippen molar-refractivity contribution in [1.29, 1.82) is 0 Å². The van der Waals surface area contributed by atoms with Crippen molar-refractivity contribution in [2.45, 2.75) is 76.8 Å². The second-order valence-electron chi connectivity index (χ2n) is 10.6. The predicted molar refractivity (Wildman–Crippen MR) is 116 cm³/mol. The van der Waals surface area contributed by atoms with E-state index >= 15 is 0 Å². The van der Waals surface area contributed by atoms with E-state index in [1.165, 1.54) is 4.90 Å². The minimum atomic E-state index is -0.676. The molecule has 4 amide bonds. The van der Waals surface area contributed by atoms with Gasteiger partial charge in [-0.25, -0.2) is 4.79 Å². The lowest BCUT2D eigenvalue weighted by Gasteiger charge is -2.29. The van der Waals surface area contributed by atoms with Gasteiger partial charge in [-0.3, -0.25) is 24.5 Å². The molecule has 2 N–H and O–H groups in total. The lowest BCUT2D eigenvalue weighted by atomic mass is 10.0. The van der Waals surface area contributed by atoms with E-state index in [1.54, 1.807) is 39.0 Å². The van der Waals surface area contributed by atoms with Crippen LogP contribution in [-0.2, 0) is 37.0 Å². The monoisotopic (exact) mass is 469 g/mol. The molecular formula is C24H27N3O7. The Bertz CT molecular complexity index is 1130. The van der Waals surface area contributed by atoms with Gasteiger partial charge in [0.05, 0.1) is 11.0 Å². The third-order valence-electron chi connectivity index (χ3n) is 6.97. The molecule has 3 fully saturated rings. The Morgan fingerprint density at radius 2 is 1.94 bits per heavy atom. The summed E-state index contributed by atoms with van der Waals surface area (Å²) in [5.41, 5.74) is 0.0942. The average Bonchev–Trinajstić information content (AvgIpc) is 3.52. The number of carbonyl (C=O) groups is 5. The minimum absolute atomic E-state index is 0.0413. The molecule has 180 valence electrons. The highest BCUT2D eigenvalue weighted by atomic mass is 16.6. The van der Waals surface area contributed by atoms with Gasteiger partial charge < -0.3 is 19.7 Å². The second kappa shape index (κ2) is 7.28. The zero-order valence-corrected chi connectivity index (χ0v) is 19.4. The normalized spacial score (nSPS) is 29.1. The topological polar surface area (TPSA) is 131 Å². The number of imide groups is 1. The van der Waals surface area contributed by atoms with E-state index in [1.807, 2.05) is 0 Å². The van der Waals surface area contributed by atoms with Crippen molar-refractivity contribution >= 4 is 29.8 Å². The molecule has 1 unspecified atom stereocenters. The Hall–Kier alpha value is -3.43. The first kappa shape index (κ1) is 22.4. The largest absolute Gasteiger partial charge is 0.459 e. The highest BCUT2D eigenvalue weighted by Crippen LogP contribution is 2.79. The Morgan fingerprint density at radius 3 is 2.62 bits per heavy atom. The zero-order valence-electron chi connectivity index (χ0n) is 19.4. The number of piperidine rings is 1. The fraction of sp³-hybridized carbons (Fsp3) is 0.542. The highest BCUT2D eigenvalue weighted by Gasteiger charge is 2.89. The molecule has 2 aliphatic carbocycles. The molecule has 10 nitrogen and oxygen atoms in total. The summed E-state index contributed by atoms with van der Waals surface area (Å²) in [5, 5.41) is 5.07. The maximum atomic E-state index is 12.9. The smallest absolute Gasteiger partial charge is 0.407 e. The average molecular weight is 469 g/mol. The number of carbonyl (C=O) groups excluding carboxylic acids is 5. The van der Waals surface area contributed by atoms with Crippen molar-refractivity contribution < 1.29 is 33.4 Å². The third-order valence-corrected chi connectivity index (χ3v) is 6.97. The summed E-state index contributed by atoms with van der Waals surface area (Å²) in [6.07, 6.45) is 0.968. The summed E-state index contributed by atoms with van der Waals surface area (Å²) in [4.78, 5) is 62.7. The van der Waals surface area contributed by atoms with E-state index < -0.39 is 34.6 Å². The minimum Gasteiger partial charge on any atom is -0.459 e. The highest BCUT2D eigenvalue weighted by molar-refractivity contribution is 6.05. The Morgan fingerprint density at radius 1 is 1.21 bits per heavy atom. The molecule has 1 aromatic rings. The summed E-state index contributed by atoms with van der Waals surface area (Å²) in [6.45, 7) is 5.67. The van der Waals surface area contributed by atoms with Gasteiger partial charge in [0.25, 0.3) is 5.91 Å². The maximum Gasteiger partial charge on any atom is 0.407 e. The van der Waals surface area contributed by atoms with Gasteiger partial charge in [0.15, 0.2) is 0 Å². The van der Waals surface area contributed by atoms with Gasteiger partial charge in [0.1, 0.15) is 18.2 Å². The van der Waals surface area contributed by atoms with Crippen LogP contribution in [0.15, 0.2) is 18.2 Å². The Balaban J connectivity index is 1.15. The number of hydrogen-bond acceptors (Lipinski definition) is 7. The molecule has 34 heavy (non-hydrogen) atoms. The van der Waals surface area contributed by atoms with Crippen LogP contribution in [0.4, 0.5) is 4.79 Å². The van der Waals surface area contributed by atoms with Gasteiger partial charge in [-0.1, -0.05) is 12.1 Å². The summed E-state index contributed by atoms with van der Waals surface area (Å²) in [6, 6.07) is 4.54. The molecule has 10 heteroatoms. The first-order chi connectivity index (χ1) is 15.9. The van der Waals surface area contributed by atoms with Crippen molar-refractivity contribution in [3.63, 3.8) is 0 Å². The quantitative estimate of drug-likeness (QED) is 0.494. The lowest BCUT2D eigenvalue weighted by Crippen LogP contribution is -2.52. The summed E-state index contributed by atoms with van der Waals surface area (Å²) in [5.74, 6) is -1.37. The van der Waals surface area contributed by atoms with E-state index in [4.69, 9.17) is 9.47 Å². The van der Waals surface area contributed by atoms with Gasteiger partial charge in [-0.15, -0.1) is 0 Å². The third kappa shape index (κ3) is 3.70. The van der Waals surface area contributed by atoms with Gasteiger partial charge in [0.2, 0.25) is 11.8 Å². The molecule has 5 rings (SSSR count). The number of nitrogens with zero attached hydrogens (tertiary/aromatic N) is 1. The van der Waals surface area contributed by atoms with E-state index in [0.29, 0.717) is 30.4 Å². The van der Waals surface area contributed by atoms with Crippen LogP contribution in [0.1, 0.15) is 67.9 Å². The maximum absolute atomic E-state index is 12.9. The number of hydrogen-bond donors (Lipinski definition) is 2. The fourth-order valence-electron chi connectivity index (χ4n) is 4.89. The Labute approximate surface area is 196 Å². The first-order valence-electron chi connectivity index (χ1n) is 11.4. The molecule has 4 aliphatic rings. The van der Waals surface area contributed by atoms with Crippen LogP contribution >= 0.6 is 0 Å². The number of esters is 1. The van der Waals surface area contributed by atoms with E-state index in [-0.39, 0.29) is 37.4 Å². The van der Waals surface area contributed by atoms with Gasteiger partial charge in [-0.2, -0.15) is 0 Å². The number of ether oxygens (including phenoxy) is 2. The molecule has 0 aromatic heterocycles. The Kier molecular flexibility index (Phi) is 4.79. The fourth-order valence-corrected chi connectivity index (χ4v) is 4.89. The van der Waals surface area contributed by atoms with Crippen LogP contribution in [0.2, 0.25) is 0 Å². The van der Waals surface area contributed by atoms with Crippen LogP contribution in [-0.4, -0.2) is 51.9 Å². The molecule has 0 spiro atoms. The molecule has 1 atom stereocenters. The summed E-state index contributed by atoms with van der Waals surface area (Å²) >= 11 is 0. The summed E-state index contributed by atoms with van der Waals surface area (Å²) < 4.78 is 10.8. The van der Waals surface area contributed by atoms with Crippen LogP contribution in [0, 0.1) is 5.41 Å². The number of fused-ring (bicyclic) bond motifs is 2. The van der Waals surface area contributed by atoms with Gasteiger partial charge >= 0.3 is 12.1 Å². The number of amides is 4. The van der Waals surface area contributed by atoms with Crippen LogP contribution in [0.25, 0.3) is 0 Å². The van der Waals surface area contributed by atoms with Crippen molar-refractivity contribution in [3.8, 4) is 0 Å². The van der Waals surface area contributed by atoms with Crippen molar-refractivity contribution in [1.82, 2.24) is 15.5 Å². The molecule has 2 saturated carbocycles. The van der Waals surface area contributed by atoms with Crippen LogP contribution in [0.5, 0.6) is 0 Å². The van der Waals surface area contributed by atoms with E-state index in [2.05, 4.69) is 10.6 Å².